The van der Waals surface area contributed by atoms with Crippen LogP contribution in [0, 0.1) is 0 Å². The lowest BCUT2D eigenvalue weighted by atomic mass is 10.2. The molecule has 1 fully saturated rings. The van der Waals surface area contributed by atoms with Crippen molar-refractivity contribution in [2.24, 2.45) is 5.10 Å². The van der Waals surface area contributed by atoms with Crippen LogP contribution in [-0.4, -0.2) is 48.6 Å². The van der Waals surface area contributed by atoms with Gasteiger partial charge in [-0.2, -0.15) is 0 Å². The summed E-state index contributed by atoms with van der Waals surface area (Å²) in [6, 6.07) is 7.56. The Kier molecular flexibility index (Phi) is 6.41. The number of carbonyl (C=O) groups is 1. The Morgan fingerprint density at radius 2 is 1.96 bits per heavy atom. The van der Waals surface area contributed by atoms with Crippen LogP contribution in [0.1, 0.15) is 20.8 Å². The molecule has 0 spiro atoms. The first kappa shape index (κ1) is 17.7. The second-order valence-corrected chi connectivity index (χ2v) is 6.35. The van der Waals surface area contributed by atoms with Crippen LogP contribution >= 0.6 is 15.9 Å². The van der Waals surface area contributed by atoms with Crippen LogP contribution < -0.4 is 5.43 Å². The number of rotatable bonds is 3. The van der Waals surface area contributed by atoms with Crippen molar-refractivity contribution in [3.63, 3.8) is 0 Å². The van der Waals surface area contributed by atoms with Crippen LogP contribution in [0.4, 0.5) is 5.69 Å². The third kappa shape index (κ3) is 5.21. The number of benzene rings is 1. The molecular weight excluding hydrogens is 362 g/mol. The minimum atomic E-state index is -0.432. The summed E-state index contributed by atoms with van der Waals surface area (Å²) in [6.45, 7) is 7.25. The van der Waals surface area contributed by atoms with Gasteiger partial charge < -0.3 is 14.4 Å². The molecule has 0 saturated carbocycles. The third-order valence-corrected chi connectivity index (χ3v) is 3.84. The van der Waals surface area contributed by atoms with Gasteiger partial charge in [0.15, 0.2) is 0 Å². The number of esters is 1. The highest BCUT2D eigenvalue weighted by atomic mass is 79.9. The second kappa shape index (κ2) is 8.31. The van der Waals surface area contributed by atoms with Crippen LogP contribution in [0.15, 0.2) is 33.8 Å². The van der Waals surface area contributed by atoms with Gasteiger partial charge in [-0.05, 0) is 45.0 Å². The van der Waals surface area contributed by atoms with E-state index >= 15 is 0 Å². The number of hydrogen-bond donors (Lipinski definition) is 1. The first-order valence-electron chi connectivity index (χ1n) is 7.66. The summed E-state index contributed by atoms with van der Waals surface area (Å²) in [6.07, 6.45) is 0.0668. The number of hydrogen-bond acceptors (Lipinski definition) is 5. The Bertz CT molecular complexity index is 552. The molecular formula is C16H22BrN3O3. The fraction of sp³-hybridized carbons (Fsp3) is 0.500. The van der Waals surface area contributed by atoms with E-state index in [1.54, 1.807) is 6.92 Å². The Labute approximate surface area is 145 Å². The Balaban J connectivity index is 2.17. The molecule has 0 bridgehead atoms. The van der Waals surface area contributed by atoms with Crippen molar-refractivity contribution in [3.8, 4) is 0 Å². The number of hydrazone groups is 1. The number of amidine groups is 1. The molecule has 1 aromatic carbocycles. The van der Waals surface area contributed by atoms with Gasteiger partial charge in [0, 0.05) is 17.6 Å². The first-order valence-corrected chi connectivity index (χ1v) is 8.45. The molecule has 1 N–H and O–H groups in total. The molecule has 0 unspecified atom stereocenters. The molecule has 1 heterocycles. The van der Waals surface area contributed by atoms with Gasteiger partial charge in [-0.1, -0.05) is 15.9 Å². The number of nitrogens with zero attached hydrogens (tertiary/aromatic N) is 2. The Morgan fingerprint density at radius 1 is 1.35 bits per heavy atom. The fourth-order valence-corrected chi connectivity index (χ4v) is 2.70. The van der Waals surface area contributed by atoms with Crippen LogP contribution in [0.3, 0.4) is 0 Å². The summed E-state index contributed by atoms with van der Waals surface area (Å²) in [7, 11) is 0. The summed E-state index contributed by atoms with van der Waals surface area (Å²) < 4.78 is 11.8. The van der Waals surface area contributed by atoms with E-state index in [9.17, 15) is 4.79 Å². The van der Waals surface area contributed by atoms with Crippen molar-refractivity contribution in [2.75, 3.05) is 25.1 Å². The summed E-state index contributed by atoms with van der Waals surface area (Å²) in [5.74, 6) is -0.157. The van der Waals surface area contributed by atoms with Gasteiger partial charge in [0.25, 0.3) is 0 Å². The van der Waals surface area contributed by atoms with Crippen molar-refractivity contribution in [2.45, 2.75) is 33.0 Å². The molecule has 2 atom stereocenters. The number of halogens is 1. The number of nitrogens with one attached hydrogen (secondary N) is 1. The maximum Gasteiger partial charge on any atom is 0.375 e. The quantitative estimate of drug-likeness (QED) is 0.376. The molecule has 23 heavy (non-hydrogen) atoms. The van der Waals surface area contributed by atoms with E-state index in [1.165, 1.54) is 0 Å². The van der Waals surface area contributed by atoms with Gasteiger partial charge in [0.1, 0.15) is 0 Å². The zero-order valence-electron chi connectivity index (χ0n) is 13.6. The van der Waals surface area contributed by atoms with E-state index in [-0.39, 0.29) is 18.0 Å². The molecule has 6 nitrogen and oxygen atoms in total. The average Bonchev–Trinajstić information content (AvgIpc) is 2.48. The van der Waals surface area contributed by atoms with Crippen molar-refractivity contribution in [1.82, 2.24) is 4.90 Å². The highest BCUT2D eigenvalue weighted by Gasteiger charge is 2.29. The van der Waals surface area contributed by atoms with Gasteiger partial charge in [0.05, 0.1) is 24.5 Å². The van der Waals surface area contributed by atoms with Gasteiger partial charge >= 0.3 is 5.97 Å². The van der Waals surface area contributed by atoms with Crippen LogP contribution in [0.2, 0.25) is 0 Å². The summed E-state index contributed by atoms with van der Waals surface area (Å²) >= 11 is 3.39. The van der Waals surface area contributed by atoms with E-state index in [0.717, 1.165) is 10.2 Å². The molecule has 1 saturated heterocycles. The highest BCUT2D eigenvalue weighted by Crippen LogP contribution is 2.15. The third-order valence-electron chi connectivity index (χ3n) is 3.31. The molecule has 2 rings (SSSR count). The molecule has 0 radical (unpaired) electrons. The number of anilines is 1. The largest absolute Gasteiger partial charge is 0.460 e. The van der Waals surface area contributed by atoms with Crippen LogP contribution in [0.25, 0.3) is 0 Å². The molecule has 0 aliphatic carbocycles. The lowest BCUT2D eigenvalue weighted by Crippen LogP contribution is -2.51. The van der Waals surface area contributed by atoms with Crippen LogP contribution in [0.5, 0.6) is 0 Å². The molecule has 0 aromatic heterocycles. The monoisotopic (exact) mass is 383 g/mol. The summed E-state index contributed by atoms with van der Waals surface area (Å²) in [5, 5.41) is 4.28. The zero-order valence-corrected chi connectivity index (χ0v) is 15.2. The number of morpholine rings is 1. The SMILES string of the molecule is CCOC(=O)/C(=N/Nc1ccc(Br)cc1)N1C[C@@H](C)O[C@@H](C)C1. The van der Waals surface area contributed by atoms with Crippen molar-refractivity contribution in [3.05, 3.63) is 28.7 Å². The van der Waals surface area contributed by atoms with Gasteiger partial charge in [-0.3, -0.25) is 5.43 Å². The first-order chi connectivity index (χ1) is 11.0. The summed E-state index contributed by atoms with van der Waals surface area (Å²) in [5.41, 5.74) is 3.72. The molecule has 7 heteroatoms. The average molecular weight is 384 g/mol. The lowest BCUT2D eigenvalue weighted by Gasteiger charge is -2.36. The number of ether oxygens (including phenoxy) is 2. The van der Waals surface area contributed by atoms with Gasteiger partial charge in [-0.15, -0.1) is 5.10 Å². The lowest BCUT2D eigenvalue weighted by molar-refractivity contribution is -0.136. The number of carbonyl (C=O) groups excluding carboxylic acids is 1. The van der Waals surface area contributed by atoms with Crippen molar-refractivity contribution < 1.29 is 14.3 Å². The Morgan fingerprint density at radius 3 is 2.52 bits per heavy atom. The predicted molar refractivity (Wildman–Crippen MR) is 93.4 cm³/mol. The Hall–Kier alpha value is -1.60. The smallest absolute Gasteiger partial charge is 0.375 e. The molecule has 0 amide bonds. The van der Waals surface area contributed by atoms with E-state index in [0.29, 0.717) is 19.7 Å². The van der Waals surface area contributed by atoms with Crippen LogP contribution in [-0.2, 0) is 14.3 Å². The van der Waals surface area contributed by atoms with Gasteiger partial charge in [-0.25, -0.2) is 4.79 Å². The normalized spacial score (nSPS) is 21.9. The molecule has 1 aliphatic heterocycles. The molecule has 126 valence electrons. The highest BCUT2D eigenvalue weighted by molar-refractivity contribution is 9.10. The maximum atomic E-state index is 12.2. The zero-order chi connectivity index (χ0) is 16.8. The predicted octanol–water partition coefficient (Wildman–Crippen LogP) is 2.85. The summed E-state index contributed by atoms with van der Waals surface area (Å²) in [4.78, 5) is 14.2. The van der Waals surface area contributed by atoms with E-state index in [1.807, 2.05) is 43.0 Å². The minimum Gasteiger partial charge on any atom is -0.460 e. The van der Waals surface area contributed by atoms with Crippen molar-refractivity contribution >= 4 is 33.4 Å². The fourth-order valence-electron chi connectivity index (χ4n) is 2.43. The minimum absolute atomic E-state index is 0.0334. The topological polar surface area (TPSA) is 63.2 Å². The molecule has 1 aromatic rings. The second-order valence-electron chi connectivity index (χ2n) is 5.44. The van der Waals surface area contributed by atoms with Crippen molar-refractivity contribution in [1.29, 1.82) is 0 Å². The van der Waals surface area contributed by atoms with Gasteiger partial charge in [0.2, 0.25) is 5.84 Å². The maximum absolute atomic E-state index is 12.2. The standard InChI is InChI=1S/C16H22BrN3O3/c1-4-22-16(21)15(20-9-11(2)23-12(3)10-20)19-18-14-7-5-13(17)6-8-14/h5-8,11-12,18H,4,9-10H2,1-3H3/b19-15-/t11-,12+. The van der Waals surface area contributed by atoms with E-state index in [2.05, 4.69) is 26.5 Å². The van der Waals surface area contributed by atoms with E-state index < -0.39 is 5.97 Å². The van der Waals surface area contributed by atoms with E-state index in [4.69, 9.17) is 9.47 Å². The molecule has 1 aliphatic rings.